The number of likely N-dealkylation sites (tertiary alicyclic amines) is 1. The van der Waals surface area contributed by atoms with Gasteiger partial charge >= 0.3 is 0 Å². The molecule has 2 fully saturated rings. The number of hydrogen-bond acceptors (Lipinski definition) is 4. The van der Waals surface area contributed by atoms with Gasteiger partial charge in [-0.2, -0.15) is 4.31 Å². The smallest absolute Gasteiger partial charge is 0.259 e. The number of benzene rings is 2. The fourth-order valence-corrected chi connectivity index (χ4v) is 6.64. The minimum Gasteiger partial charge on any atom is -0.357 e. The first kappa shape index (κ1) is 25.3. The van der Waals surface area contributed by atoms with Crippen LogP contribution in [-0.2, 0) is 21.4 Å². The summed E-state index contributed by atoms with van der Waals surface area (Å²) >= 11 is 9.67. The highest BCUT2D eigenvalue weighted by atomic mass is 79.9. The third kappa shape index (κ3) is 5.18. The summed E-state index contributed by atoms with van der Waals surface area (Å²) in [5, 5.41) is 9.80. The van der Waals surface area contributed by atoms with Crippen molar-refractivity contribution in [3.05, 3.63) is 64.7 Å². The molecule has 0 bridgehead atoms. The molecule has 0 aliphatic carbocycles. The highest BCUT2D eigenvalue weighted by molar-refractivity contribution is 9.09. The number of aromatic amines is 1. The first-order chi connectivity index (χ1) is 17.2. The maximum absolute atomic E-state index is 13.2. The van der Waals surface area contributed by atoms with Crippen LogP contribution < -0.4 is 0 Å². The number of sulfonamides is 1. The van der Waals surface area contributed by atoms with E-state index < -0.39 is 10.0 Å². The van der Waals surface area contributed by atoms with Crippen molar-refractivity contribution in [1.82, 2.24) is 19.1 Å². The second-order valence-corrected chi connectivity index (χ2v) is 12.9. The highest BCUT2D eigenvalue weighted by Crippen LogP contribution is 2.25. The number of rotatable bonds is 5. The van der Waals surface area contributed by atoms with Crippen LogP contribution >= 0.6 is 27.5 Å². The molecule has 1 aromatic heterocycles. The van der Waals surface area contributed by atoms with Crippen molar-refractivity contribution in [2.24, 2.45) is 0 Å². The van der Waals surface area contributed by atoms with Crippen LogP contribution in [0.2, 0.25) is 5.02 Å². The summed E-state index contributed by atoms with van der Waals surface area (Å²) in [7, 11) is -3.84. The van der Waals surface area contributed by atoms with Crippen LogP contribution in [0.4, 0.5) is 0 Å². The maximum atomic E-state index is 13.2. The van der Waals surface area contributed by atoms with E-state index in [1.54, 1.807) is 29.2 Å². The lowest BCUT2D eigenvalue weighted by atomic mass is 10.1. The fourth-order valence-electron chi connectivity index (χ4n) is 4.66. The standard InChI is InChI=1S/C25H27BrClN5O3S/c26-20-7-9-30(10-8-20)25(28)18-3-1-17(2-4-18)15-31-11-12-32(16-24(31)33)36(34,35)23-14-19-13-21(27)5-6-22(19)29-23/h1-6,13-14,20,28-29H,7-12,15-16H2. The molecule has 5 rings (SSSR count). The van der Waals surface area contributed by atoms with E-state index in [1.165, 1.54) is 4.31 Å². The molecule has 1 amide bonds. The molecule has 2 aliphatic heterocycles. The van der Waals surface area contributed by atoms with Crippen LogP contribution in [-0.4, -0.2) is 76.8 Å². The van der Waals surface area contributed by atoms with Crippen molar-refractivity contribution in [2.75, 3.05) is 32.7 Å². The third-order valence-corrected chi connectivity index (χ3v) is 9.72. The molecular weight excluding hydrogens is 566 g/mol. The third-order valence-electron chi connectivity index (χ3n) is 6.80. The average molecular weight is 593 g/mol. The number of piperazine rings is 1. The van der Waals surface area contributed by atoms with E-state index in [2.05, 4.69) is 25.8 Å². The molecule has 0 spiro atoms. The van der Waals surface area contributed by atoms with E-state index in [9.17, 15) is 13.2 Å². The molecule has 0 atom stereocenters. The van der Waals surface area contributed by atoms with Gasteiger partial charge in [0.25, 0.3) is 10.0 Å². The van der Waals surface area contributed by atoms with Crippen LogP contribution in [0, 0.1) is 5.41 Å². The largest absolute Gasteiger partial charge is 0.357 e. The maximum Gasteiger partial charge on any atom is 0.259 e. The monoisotopic (exact) mass is 591 g/mol. The summed E-state index contributed by atoms with van der Waals surface area (Å²) in [5.41, 5.74) is 2.48. The van der Waals surface area contributed by atoms with E-state index in [4.69, 9.17) is 17.0 Å². The number of alkyl halides is 1. The molecule has 2 aliphatic rings. The Morgan fingerprint density at radius 1 is 1.06 bits per heavy atom. The highest BCUT2D eigenvalue weighted by Gasteiger charge is 2.34. The lowest BCUT2D eigenvalue weighted by Crippen LogP contribution is -2.51. The number of amides is 1. The minimum atomic E-state index is -3.84. The number of nitrogens with one attached hydrogen (secondary N) is 2. The van der Waals surface area contributed by atoms with Crippen molar-refractivity contribution >= 4 is 60.2 Å². The Bertz CT molecular complexity index is 1400. The van der Waals surface area contributed by atoms with Crippen LogP contribution in [0.25, 0.3) is 10.9 Å². The number of hydrogen-bond donors (Lipinski definition) is 2. The zero-order chi connectivity index (χ0) is 25.4. The van der Waals surface area contributed by atoms with Gasteiger partial charge in [0.2, 0.25) is 5.91 Å². The minimum absolute atomic E-state index is 0.0550. The van der Waals surface area contributed by atoms with Crippen molar-refractivity contribution in [3.8, 4) is 0 Å². The van der Waals surface area contributed by atoms with Gasteiger partial charge in [-0.3, -0.25) is 10.2 Å². The molecule has 3 heterocycles. The Labute approximate surface area is 223 Å². The molecule has 36 heavy (non-hydrogen) atoms. The van der Waals surface area contributed by atoms with Crippen LogP contribution in [0.5, 0.6) is 0 Å². The summed E-state index contributed by atoms with van der Waals surface area (Å²) < 4.78 is 27.6. The van der Waals surface area contributed by atoms with Gasteiger partial charge in [0.15, 0.2) is 0 Å². The molecule has 2 saturated heterocycles. The number of piperidine rings is 1. The number of halogens is 2. The van der Waals surface area contributed by atoms with Gasteiger partial charge in [-0.05, 0) is 42.7 Å². The van der Waals surface area contributed by atoms with Crippen molar-refractivity contribution in [3.63, 3.8) is 0 Å². The molecule has 2 aromatic carbocycles. The number of H-pyrrole nitrogens is 1. The lowest BCUT2D eigenvalue weighted by molar-refractivity contribution is -0.134. The Morgan fingerprint density at radius 3 is 2.47 bits per heavy atom. The summed E-state index contributed by atoms with van der Waals surface area (Å²) in [4.78, 5) is 20.1. The molecule has 190 valence electrons. The van der Waals surface area contributed by atoms with Gasteiger partial charge in [-0.15, -0.1) is 0 Å². The average Bonchev–Trinajstić information content (AvgIpc) is 3.30. The number of carbonyl (C=O) groups excluding carboxylic acids is 1. The zero-order valence-electron chi connectivity index (χ0n) is 19.6. The number of nitrogens with zero attached hydrogens (tertiary/aromatic N) is 3. The molecule has 0 saturated carbocycles. The first-order valence-corrected chi connectivity index (χ1v) is 14.6. The van der Waals surface area contributed by atoms with Crippen molar-refractivity contribution in [1.29, 1.82) is 5.41 Å². The van der Waals surface area contributed by atoms with Gasteiger partial charge < -0.3 is 14.8 Å². The van der Waals surface area contributed by atoms with Gasteiger partial charge in [0.1, 0.15) is 10.9 Å². The van der Waals surface area contributed by atoms with Crippen molar-refractivity contribution in [2.45, 2.75) is 29.2 Å². The predicted octanol–water partition coefficient (Wildman–Crippen LogP) is 4.04. The molecular formula is C25H27BrClN5O3S. The molecule has 0 radical (unpaired) electrons. The van der Waals surface area contributed by atoms with E-state index in [1.807, 2.05) is 24.3 Å². The second-order valence-electron chi connectivity index (χ2n) is 9.23. The fraction of sp³-hybridized carbons (Fsp3) is 0.360. The van der Waals surface area contributed by atoms with Crippen LogP contribution in [0.15, 0.2) is 53.6 Å². The Morgan fingerprint density at radius 2 is 1.78 bits per heavy atom. The molecule has 8 nitrogen and oxygen atoms in total. The summed E-state index contributed by atoms with van der Waals surface area (Å²) in [6.07, 6.45) is 2.05. The summed E-state index contributed by atoms with van der Waals surface area (Å²) in [5.74, 6) is 0.286. The number of aromatic nitrogens is 1. The number of amidine groups is 1. The second kappa shape index (κ2) is 10.2. The van der Waals surface area contributed by atoms with Crippen LogP contribution in [0.1, 0.15) is 24.0 Å². The normalized spacial score (nSPS) is 18.2. The van der Waals surface area contributed by atoms with E-state index >= 15 is 0 Å². The predicted molar refractivity (Wildman–Crippen MR) is 144 cm³/mol. The lowest BCUT2D eigenvalue weighted by Gasteiger charge is -2.33. The Balaban J connectivity index is 1.21. The first-order valence-electron chi connectivity index (χ1n) is 11.8. The van der Waals surface area contributed by atoms with Crippen molar-refractivity contribution < 1.29 is 13.2 Å². The SMILES string of the molecule is N=C(c1ccc(CN2CCN(S(=O)(=O)c3cc4cc(Cl)ccc4[nH]3)CC2=O)cc1)N1CCC(Br)CC1. The molecule has 0 unspecified atom stereocenters. The van der Waals surface area contributed by atoms with Gasteiger partial charge in [0, 0.05) is 59.0 Å². The Hall–Kier alpha value is -2.40. The number of fused-ring (bicyclic) bond motifs is 1. The Kier molecular flexibility index (Phi) is 7.13. The van der Waals surface area contributed by atoms with Gasteiger partial charge in [-0.25, -0.2) is 8.42 Å². The molecule has 11 heteroatoms. The zero-order valence-corrected chi connectivity index (χ0v) is 22.7. The van der Waals surface area contributed by atoms with E-state index in [0.29, 0.717) is 39.7 Å². The molecule has 2 N–H and O–H groups in total. The summed E-state index contributed by atoms with van der Waals surface area (Å²) in [6.45, 7) is 2.46. The van der Waals surface area contributed by atoms with E-state index in [-0.39, 0.29) is 24.0 Å². The summed E-state index contributed by atoms with van der Waals surface area (Å²) in [6, 6.07) is 14.4. The quantitative estimate of drug-likeness (QED) is 0.265. The van der Waals surface area contributed by atoms with Crippen LogP contribution in [0.3, 0.4) is 0 Å². The topological polar surface area (TPSA) is 101 Å². The van der Waals surface area contributed by atoms with E-state index in [0.717, 1.165) is 37.1 Å². The van der Waals surface area contributed by atoms with Gasteiger partial charge in [0.05, 0.1) is 6.54 Å². The van der Waals surface area contributed by atoms with Gasteiger partial charge in [-0.1, -0.05) is 51.8 Å². The molecule has 3 aromatic rings. The number of carbonyl (C=O) groups is 1.